The third-order valence-corrected chi connectivity index (χ3v) is 4.45. The molecule has 0 radical (unpaired) electrons. The Balaban J connectivity index is 2.29. The van der Waals surface area contributed by atoms with Crippen LogP contribution < -0.4 is 0 Å². The van der Waals surface area contributed by atoms with Crippen LogP contribution in [0.2, 0.25) is 0 Å². The molecule has 3 heteroatoms. The first-order valence-electron chi connectivity index (χ1n) is 8.67. The summed E-state index contributed by atoms with van der Waals surface area (Å²) in [5.41, 5.74) is 0. The van der Waals surface area contributed by atoms with Gasteiger partial charge < -0.3 is 0 Å². The Hall–Kier alpha value is -0.180. The van der Waals surface area contributed by atoms with Gasteiger partial charge in [0.25, 0.3) is 5.92 Å². The molecule has 20 heavy (non-hydrogen) atoms. The highest BCUT2D eigenvalue weighted by atomic mass is 19.3. The van der Waals surface area contributed by atoms with E-state index in [0.29, 0.717) is 12.5 Å². The zero-order valence-electron chi connectivity index (χ0n) is 13.5. The molecule has 1 unspecified atom stereocenters. The molecule has 0 aromatic carbocycles. The minimum absolute atomic E-state index is 0.00770. The highest BCUT2D eigenvalue weighted by molar-refractivity contribution is 4.83. The number of rotatable bonds is 11. The summed E-state index contributed by atoms with van der Waals surface area (Å²) in [6.45, 7) is 5.92. The second-order valence-electron chi connectivity index (χ2n) is 6.55. The minimum atomic E-state index is -2.43. The maximum Gasteiger partial charge on any atom is 0.261 e. The highest BCUT2D eigenvalue weighted by Gasteiger charge is 2.38. The number of likely N-dealkylation sites (tertiary alicyclic amines) is 1. The van der Waals surface area contributed by atoms with Gasteiger partial charge in [0.1, 0.15) is 0 Å². The Kier molecular flexibility index (Phi) is 8.67. The van der Waals surface area contributed by atoms with Crippen LogP contribution in [-0.2, 0) is 0 Å². The molecule has 120 valence electrons. The van der Waals surface area contributed by atoms with Crippen molar-refractivity contribution in [1.29, 1.82) is 0 Å². The first kappa shape index (κ1) is 17.9. The zero-order valence-corrected chi connectivity index (χ0v) is 13.5. The Labute approximate surface area is 124 Å². The van der Waals surface area contributed by atoms with E-state index in [1.807, 2.05) is 4.90 Å². The van der Waals surface area contributed by atoms with Crippen molar-refractivity contribution in [3.05, 3.63) is 0 Å². The van der Waals surface area contributed by atoms with Gasteiger partial charge in [0.2, 0.25) is 0 Å². The summed E-state index contributed by atoms with van der Waals surface area (Å²) in [6, 6.07) is 0. The predicted octanol–water partition coefficient (Wildman–Crippen LogP) is 5.49. The fraction of sp³-hybridized carbons (Fsp3) is 1.00. The van der Waals surface area contributed by atoms with E-state index >= 15 is 0 Å². The summed E-state index contributed by atoms with van der Waals surface area (Å²) >= 11 is 0. The van der Waals surface area contributed by atoms with Crippen molar-refractivity contribution in [2.75, 3.05) is 19.6 Å². The average Bonchev–Trinajstić information content (AvgIpc) is 2.74. The molecule has 0 spiro atoms. The van der Waals surface area contributed by atoms with Crippen molar-refractivity contribution in [1.82, 2.24) is 4.90 Å². The van der Waals surface area contributed by atoms with E-state index in [-0.39, 0.29) is 13.0 Å². The fourth-order valence-corrected chi connectivity index (χ4v) is 3.20. The van der Waals surface area contributed by atoms with Gasteiger partial charge >= 0.3 is 0 Å². The van der Waals surface area contributed by atoms with E-state index in [0.717, 1.165) is 6.54 Å². The van der Waals surface area contributed by atoms with Crippen molar-refractivity contribution in [2.24, 2.45) is 5.92 Å². The van der Waals surface area contributed by atoms with Crippen LogP contribution in [-0.4, -0.2) is 30.5 Å². The molecule has 0 N–H and O–H groups in total. The van der Waals surface area contributed by atoms with E-state index in [9.17, 15) is 8.78 Å². The van der Waals surface area contributed by atoms with Crippen molar-refractivity contribution in [2.45, 2.75) is 84.0 Å². The quantitative estimate of drug-likeness (QED) is 0.454. The van der Waals surface area contributed by atoms with Crippen molar-refractivity contribution < 1.29 is 8.78 Å². The molecule has 1 saturated heterocycles. The van der Waals surface area contributed by atoms with Crippen LogP contribution in [0.5, 0.6) is 0 Å². The number of alkyl halides is 2. The Morgan fingerprint density at radius 3 is 2.10 bits per heavy atom. The summed E-state index contributed by atoms with van der Waals surface area (Å²) in [6.07, 6.45) is 11.4. The van der Waals surface area contributed by atoms with Crippen LogP contribution in [0.3, 0.4) is 0 Å². The Bertz CT molecular complexity index is 243. The number of nitrogens with zero attached hydrogens (tertiary/aromatic N) is 1. The maximum atomic E-state index is 13.3. The van der Waals surface area contributed by atoms with Crippen LogP contribution in [0.4, 0.5) is 8.78 Å². The molecule has 1 nitrogen and oxygen atoms in total. The van der Waals surface area contributed by atoms with Crippen LogP contribution in [0.15, 0.2) is 0 Å². The van der Waals surface area contributed by atoms with Crippen LogP contribution in [0.25, 0.3) is 0 Å². The second kappa shape index (κ2) is 9.70. The van der Waals surface area contributed by atoms with Crippen LogP contribution in [0, 0.1) is 5.92 Å². The monoisotopic (exact) mass is 289 g/mol. The van der Waals surface area contributed by atoms with E-state index in [2.05, 4.69) is 13.8 Å². The van der Waals surface area contributed by atoms with Gasteiger partial charge in [-0.1, -0.05) is 58.8 Å². The lowest BCUT2D eigenvalue weighted by atomic mass is 9.94. The van der Waals surface area contributed by atoms with Crippen molar-refractivity contribution in [3.63, 3.8) is 0 Å². The number of hydrogen-bond donors (Lipinski definition) is 0. The first-order valence-corrected chi connectivity index (χ1v) is 8.67. The van der Waals surface area contributed by atoms with Gasteiger partial charge in [-0.15, -0.1) is 0 Å². The summed E-state index contributed by atoms with van der Waals surface area (Å²) in [5, 5.41) is 0. The molecule has 0 aliphatic carbocycles. The second-order valence-corrected chi connectivity index (χ2v) is 6.55. The normalized spacial score (nSPS) is 20.4. The third kappa shape index (κ3) is 7.56. The van der Waals surface area contributed by atoms with Crippen LogP contribution in [0.1, 0.15) is 78.1 Å². The maximum absolute atomic E-state index is 13.3. The molecule has 1 atom stereocenters. The highest BCUT2D eigenvalue weighted by Crippen LogP contribution is 2.29. The Morgan fingerprint density at radius 1 is 0.950 bits per heavy atom. The molecule has 0 saturated carbocycles. The van der Waals surface area contributed by atoms with E-state index in [1.54, 1.807) is 0 Å². The lowest BCUT2D eigenvalue weighted by Crippen LogP contribution is -2.30. The molecule has 1 heterocycles. The zero-order chi connectivity index (χ0) is 14.8. The van der Waals surface area contributed by atoms with Gasteiger partial charge in [-0.25, -0.2) is 8.78 Å². The molecule has 1 fully saturated rings. The number of halogens is 2. The van der Waals surface area contributed by atoms with Gasteiger partial charge in [0.15, 0.2) is 0 Å². The molecule has 0 aromatic heterocycles. The molecule has 1 aliphatic rings. The lowest BCUT2D eigenvalue weighted by molar-refractivity contribution is 0.0105. The van der Waals surface area contributed by atoms with Crippen molar-refractivity contribution >= 4 is 0 Å². The topological polar surface area (TPSA) is 3.24 Å². The van der Waals surface area contributed by atoms with Gasteiger partial charge in [-0.05, 0) is 18.8 Å². The van der Waals surface area contributed by atoms with E-state index in [4.69, 9.17) is 0 Å². The fourth-order valence-electron chi connectivity index (χ4n) is 3.20. The summed E-state index contributed by atoms with van der Waals surface area (Å²) in [4.78, 5) is 2.00. The van der Waals surface area contributed by atoms with Crippen molar-refractivity contribution in [3.8, 4) is 0 Å². The number of hydrogen-bond acceptors (Lipinski definition) is 1. The molecule has 0 aromatic rings. The largest absolute Gasteiger partial charge is 0.297 e. The molecule has 1 rings (SSSR count). The SMILES string of the molecule is CCCCCCC(CCCCC)CN1CCC(F)(F)C1. The van der Waals surface area contributed by atoms with Gasteiger partial charge in [0.05, 0.1) is 6.54 Å². The molecule has 0 amide bonds. The smallest absolute Gasteiger partial charge is 0.261 e. The molecular weight excluding hydrogens is 256 g/mol. The lowest BCUT2D eigenvalue weighted by Gasteiger charge is -2.23. The standard InChI is InChI=1S/C17H33F2N/c1-3-5-7-9-11-16(10-8-6-4-2)14-20-13-12-17(18,19)15-20/h16H,3-15H2,1-2H3. The van der Waals surface area contributed by atoms with Gasteiger partial charge in [0, 0.05) is 19.5 Å². The van der Waals surface area contributed by atoms with Gasteiger partial charge in [-0.3, -0.25) is 4.90 Å². The Morgan fingerprint density at radius 2 is 1.55 bits per heavy atom. The summed E-state index contributed by atoms with van der Waals surface area (Å²) in [7, 11) is 0. The van der Waals surface area contributed by atoms with E-state index < -0.39 is 5.92 Å². The molecule has 0 bridgehead atoms. The predicted molar refractivity (Wildman–Crippen MR) is 82.4 cm³/mol. The summed E-state index contributed by atoms with van der Waals surface area (Å²) < 4.78 is 26.5. The minimum Gasteiger partial charge on any atom is -0.297 e. The molecule has 1 aliphatic heterocycles. The molecular formula is C17H33F2N. The average molecular weight is 289 g/mol. The summed E-state index contributed by atoms with van der Waals surface area (Å²) in [5.74, 6) is -1.80. The third-order valence-electron chi connectivity index (χ3n) is 4.45. The van der Waals surface area contributed by atoms with E-state index in [1.165, 1.54) is 57.8 Å². The van der Waals surface area contributed by atoms with Gasteiger partial charge in [-0.2, -0.15) is 0 Å². The number of unbranched alkanes of at least 4 members (excludes halogenated alkanes) is 5. The van der Waals surface area contributed by atoms with Crippen LogP contribution >= 0.6 is 0 Å². The first-order chi connectivity index (χ1) is 9.57.